The van der Waals surface area contributed by atoms with Crippen LogP contribution in [0.2, 0.25) is 0 Å². The van der Waals surface area contributed by atoms with Gasteiger partial charge < -0.3 is 15.2 Å². The highest BCUT2D eigenvalue weighted by Gasteiger charge is 2.15. The van der Waals surface area contributed by atoms with Gasteiger partial charge in [-0.25, -0.2) is 0 Å². The molecule has 17 heavy (non-hydrogen) atoms. The zero-order valence-corrected chi connectivity index (χ0v) is 10.6. The largest absolute Gasteiger partial charge is 0.394 e. The normalized spacial score (nSPS) is 17.7. The number of nitrogens with one attached hydrogen (secondary N) is 1. The predicted octanol–water partition coefficient (Wildman–Crippen LogP) is 1.47. The Morgan fingerprint density at radius 1 is 1.18 bits per heavy atom. The molecule has 0 unspecified atom stereocenters. The molecule has 0 bridgehead atoms. The van der Waals surface area contributed by atoms with Crippen LogP contribution >= 0.6 is 0 Å². The number of hydrogen-bond acceptors (Lipinski definition) is 3. The third-order valence-corrected chi connectivity index (χ3v) is 3.25. The van der Waals surface area contributed by atoms with Crippen LogP contribution in [0.5, 0.6) is 0 Å². The van der Waals surface area contributed by atoms with E-state index in [-0.39, 0.29) is 12.5 Å². The lowest BCUT2D eigenvalue weighted by molar-refractivity contribution is -0.122. The van der Waals surface area contributed by atoms with Crippen LogP contribution in [0.15, 0.2) is 0 Å². The molecule has 0 heterocycles. The highest BCUT2D eigenvalue weighted by molar-refractivity contribution is 5.76. The van der Waals surface area contributed by atoms with Crippen LogP contribution in [0.25, 0.3) is 0 Å². The Hall–Kier alpha value is -0.610. The maximum absolute atomic E-state index is 11.6. The summed E-state index contributed by atoms with van der Waals surface area (Å²) in [4.78, 5) is 11.6. The second-order valence-corrected chi connectivity index (χ2v) is 4.75. The molecule has 0 atom stereocenters. The van der Waals surface area contributed by atoms with E-state index in [1.165, 1.54) is 38.5 Å². The fraction of sp³-hybridized carbons (Fsp3) is 0.923. The number of carbonyl (C=O) groups is 1. The van der Waals surface area contributed by atoms with Gasteiger partial charge in [-0.2, -0.15) is 0 Å². The Bertz CT molecular complexity index is 201. The van der Waals surface area contributed by atoms with E-state index in [1.54, 1.807) is 0 Å². The molecule has 0 aromatic carbocycles. The molecule has 4 nitrogen and oxygen atoms in total. The van der Waals surface area contributed by atoms with E-state index in [1.807, 2.05) is 0 Å². The van der Waals surface area contributed by atoms with Crippen LogP contribution in [0, 0.1) is 5.92 Å². The summed E-state index contributed by atoms with van der Waals surface area (Å²) in [6.45, 7) is 1.41. The molecule has 0 radical (unpaired) electrons. The minimum atomic E-state index is 0.0377. The van der Waals surface area contributed by atoms with Gasteiger partial charge in [0.05, 0.1) is 19.8 Å². The first kappa shape index (κ1) is 14.5. The Balaban J connectivity index is 2.03. The summed E-state index contributed by atoms with van der Waals surface area (Å²) in [5.74, 6) is 0.723. The van der Waals surface area contributed by atoms with Crippen molar-refractivity contribution in [3.05, 3.63) is 0 Å². The molecule has 0 spiro atoms. The maximum Gasteiger partial charge on any atom is 0.220 e. The van der Waals surface area contributed by atoms with Gasteiger partial charge in [0.2, 0.25) is 5.91 Å². The molecule has 2 N–H and O–H groups in total. The summed E-state index contributed by atoms with van der Waals surface area (Å²) in [6, 6.07) is 0. The molecule has 1 aliphatic carbocycles. The average molecular weight is 243 g/mol. The Kier molecular flexibility index (Phi) is 8.01. The van der Waals surface area contributed by atoms with Crippen molar-refractivity contribution in [2.45, 2.75) is 44.9 Å². The molecular formula is C13H25NO3. The summed E-state index contributed by atoms with van der Waals surface area (Å²) in [5.41, 5.74) is 0. The summed E-state index contributed by atoms with van der Waals surface area (Å²) in [5, 5.41) is 11.4. The summed E-state index contributed by atoms with van der Waals surface area (Å²) < 4.78 is 5.08. The zero-order valence-electron chi connectivity index (χ0n) is 10.6. The Morgan fingerprint density at radius 2 is 1.88 bits per heavy atom. The van der Waals surface area contributed by atoms with E-state index in [0.29, 0.717) is 32.1 Å². The second-order valence-electron chi connectivity index (χ2n) is 4.75. The minimum absolute atomic E-state index is 0.0377. The smallest absolute Gasteiger partial charge is 0.220 e. The molecule has 1 aliphatic rings. The number of rotatable bonds is 7. The molecule has 1 saturated carbocycles. The van der Waals surface area contributed by atoms with E-state index in [0.717, 1.165) is 0 Å². The molecule has 1 amide bonds. The van der Waals surface area contributed by atoms with E-state index in [9.17, 15) is 4.79 Å². The van der Waals surface area contributed by atoms with Crippen molar-refractivity contribution < 1.29 is 14.6 Å². The number of ether oxygens (including phenoxy) is 1. The highest BCUT2D eigenvalue weighted by Crippen LogP contribution is 2.25. The van der Waals surface area contributed by atoms with Gasteiger partial charge in [0.1, 0.15) is 0 Å². The van der Waals surface area contributed by atoms with Gasteiger partial charge in [-0.05, 0) is 18.8 Å². The fourth-order valence-electron chi connectivity index (χ4n) is 2.33. The van der Waals surface area contributed by atoms with E-state index in [2.05, 4.69) is 5.32 Å². The molecule has 1 fully saturated rings. The van der Waals surface area contributed by atoms with Gasteiger partial charge in [-0.3, -0.25) is 4.79 Å². The standard InChI is InChI=1S/C13H25NO3/c15-8-10-17-9-7-14-13(16)11-12-5-3-1-2-4-6-12/h12,15H,1-11H2,(H,14,16). The van der Waals surface area contributed by atoms with Crippen molar-refractivity contribution in [1.29, 1.82) is 0 Å². The maximum atomic E-state index is 11.6. The highest BCUT2D eigenvalue weighted by atomic mass is 16.5. The van der Waals surface area contributed by atoms with Gasteiger partial charge in [-0.15, -0.1) is 0 Å². The number of aliphatic hydroxyl groups excluding tert-OH is 1. The van der Waals surface area contributed by atoms with Gasteiger partial charge in [-0.1, -0.05) is 25.7 Å². The summed E-state index contributed by atoms with van der Waals surface area (Å²) >= 11 is 0. The van der Waals surface area contributed by atoms with Crippen molar-refractivity contribution in [3.8, 4) is 0 Å². The van der Waals surface area contributed by atoms with Gasteiger partial charge in [0, 0.05) is 13.0 Å². The van der Waals surface area contributed by atoms with Gasteiger partial charge in [0.25, 0.3) is 0 Å². The summed E-state index contributed by atoms with van der Waals surface area (Å²) in [7, 11) is 0. The first-order valence-electron chi connectivity index (χ1n) is 6.78. The molecule has 100 valence electrons. The van der Waals surface area contributed by atoms with Crippen LogP contribution in [0.4, 0.5) is 0 Å². The van der Waals surface area contributed by atoms with Crippen LogP contribution < -0.4 is 5.32 Å². The van der Waals surface area contributed by atoms with Crippen molar-refractivity contribution in [2.24, 2.45) is 5.92 Å². The number of amides is 1. The molecular weight excluding hydrogens is 218 g/mol. The van der Waals surface area contributed by atoms with Crippen molar-refractivity contribution >= 4 is 5.91 Å². The quantitative estimate of drug-likeness (QED) is 0.526. The lowest BCUT2D eigenvalue weighted by Crippen LogP contribution is -2.29. The monoisotopic (exact) mass is 243 g/mol. The van der Waals surface area contributed by atoms with E-state index < -0.39 is 0 Å². The van der Waals surface area contributed by atoms with Crippen LogP contribution in [-0.4, -0.2) is 37.4 Å². The zero-order chi connectivity index (χ0) is 12.3. The fourth-order valence-corrected chi connectivity index (χ4v) is 2.33. The Labute approximate surface area is 104 Å². The van der Waals surface area contributed by atoms with E-state index in [4.69, 9.17) is 9.84 Å². The second kappa shape index (κ2) is 9.42. The number of carbonyl (C=O) groups excluding carboxylic acids is 1. The van der Waals surface area contributed by atoms with Crippen molar-refractivity contribution in [3.63, 3.8) is 0 Å². The van der Waals surface area contributed by atoms with Gasteiger partial charge >= 0.3 is 0 Å². The molecule has 0 saturated heterocycles. The Morgan fingerprint density at radius 3 is 2.53 bits per heavy atom. The topological polar surface area (TPSA) is 58.6 Å². The molecule has 1 rings (SSSR count). The first-order chi connectivity index (χ1) is 8.33. The predicted molar refractivity (Wildman–Crippen MR) is 66.7 cm³/mol. The van der Waals surface area contributed by atoms with Crippen LogP contribution in [-0.2, 0) is 9.53 Å². The summed E-state index contributed by atoms with van der Waals surface area (Å²) in [6.07, 6.45) is 8.28. The van der Waals surface area contributed by atoms with E-state index >= 15 is 0 Å². The SMILES string of the molecule is O=C(CC1CCCCCC1)NCCOCCO. The van der Waals surface area contributed by atoms with Crippen molar-refractivity contribution in [1.82, 2.24) is 5.32 Å². The molecule has 0 aromatic heterocycles. The number of aliphatic hydroxyl groups is 1. The first-order valence-corrected chi connectivity index (χ1v) is 6.78. The average Bonchev–Trinajstić information content (AvgIpc) is 2.57. The number of hydrogen-bond donors (Lipinski definition) is 2. The lowest BCUT2D eigenvalue weighted by atomic mass is 9.96. The minimum Gasteiger partial charge on any atom is -0.394 e. The third-order valence-electron chi connectivity index (χ3n) is 3.25. The molecule has 0 aliphatic heterocycles. The molecule has 4 heteroatoms. The molecule has 0 aromatic rings. The van der Waals surface area contributed by atoms with Crippen molar-refractivity contribution in [2.75, 3.05) is 26.4 Å². The van der Waals surface area contributed by atoms with Crippen LogP contribution in [0.1, 0.15) is 44.9 Å². The lowest BCUT2D eigenvalue weighted by Gasteiger charge is -2.13. The van der Waals surface area contributed by atoms with Crippen LogP contribution in [0.3, 0.4) is 0 Å². The van der Waals surface area contributed by atoms with Gasteiger partial charge in [0.15, 0.2) is 0 Å². The third kappa shape index (κ3) is 7.34.